The molecule has 0 rings (SSSR count). The Labute approximate surface area is 189 Å². The molecule has 167 valence electrons. The Morgan fingerprint density at radius 2 is 0.435 bits per heavy atom. The fourth-order valence-electron chi connectivity index (χ4n) is 0. The number of hydrogen-bond donors (Lipinski definition) is 0. The number of hydrogen-bond acceptors (Lipinski definition) is 0. The molecule has 0 atom stereocenters. The average Bonchev–Trinajstić information content (AvgIpc) is 1.88. The van der Waals surface area contributed by atoms with E-state index in [2.05, 4.69) is 27.7 Å². The second-order valence-electron chi connectivity index (χ2n) is 1.71. The van der Waals surface area contributed by atoms with Gasteiger partial charge < -0.3 is 13.8 Å². The molecule has 0 saturated carbocycles. The maximum atomic E-state index is 3.60. The van der Waals surface area contributed by atoms with Crippen LogP contribution in [0.25, 0.3) is 0 Å². The molecule has 23 heavy (non-hydrogen) atoms. The molecule has 0 heterocycles. The Morgan fingerprint density at radius 3 is 0.435 bits per heavy atom. The molecule has 0 aliphatic rings. The van der Waals surface area contributed by atoms with E-state index < -0.39 is 0 Å². The van der Waals surface area contributed by atoms with E-state index in [0.29, 0.717) is 0 Å². The van der Waals surface area contributed by atoms with Gasteiger partial charge in [-0.05, 0) is 0 Å². The van der Waals surface area contributed by atoms with Crippen molar-refractivity contribution in [1.29, 1.82) is 0 Å². The van der Waals surface area contributed by atoms with E-state index in [1.807, 2.05) is 0 Å². The van der Waals surface area contributed by atoms with E-state index in [1.165, 1.54) is 12.8 Å². The van der Waals surface area contributed by atoms with Gasteiger partial charge in [-0.15, -0.1) is 0 Å². The monoisotopic (exact) mass is 427 g/mol. The van der Waals surface area contributed by atoms with Crippen molar-refractivity contribution in [1.82, 2.24) is 0 Å². The van der Waals surface area contributed by atoms with Crippen LogP contribution >= 0.6 is 0 Å². The summed E-state index contributed by atoms with van der Waals surface area (Å²) in [5.74, 6) is 0. The second kappa shape index (κ2) is 433. The van der Waals surface area contributed by atoms with Crippen LogP contribution in [0.3, 0.4) is 0 Å². The molecule has 0 aliphatic heterocycles. The summed E-state index contributed by atoms with van der Waals surface area (Å²) in [5, 5.41) is 0. The zero-order chi connectivity index (χ0) is 6.83. The molecule has 0 amide bonds. The van der Waals surface area contributed by atoms with Gasteiger partial charge in [-0.1, -0.05) is 131 Å². The molecule has 0 N–H and O–H groups in total. The van der Waals surface area contributed by atoms with Crippen LogP contribution in [0.4, 0.5) is 0 Å². The summed E-state index contributed by atoms with van der Waals surface area (Å²) in [6.07, 6.45) is 4.56. The molecule has 0 aromatic heterocycles. The van der Waals surface area contributed by atoms with Crippen molar-refractivity contribution < 1.29 is 32.7 Å². The molecule has 0 aliphatic carbocycles. The summed E-state index contributed by atoms with van der Waals surface area (Å²) >= 11 is 0. The Morgan fingerprint density at radius 1 is 0.391 bits per heavy atom. The molecule has 1 radical (unpaired) electrons. The summed E-state index contributed by atoms with van der Waals surface area (Å²) in [6.45, 7) is 11.4. The van der Waals surface area contributed by atoms with Crippen LogP contribution in [0.5, 0.6) is 0 Å². The Bertz CT molecular complexity index is 13.9. The van der Waals surface area contributed by atoms with Gasteiger partial charge in [-0.3, -0.25) is 0 Å². The van der Waals surface area contributed by atoms with Crippen LogP contribution in [0.1, 0.15) is 144 Å². The Balaban J connectivity index is -0.00000000126. The zero-order valence-electron chi connectivity index (χ0n) is 6.82. The number of unbranched alkanes of at least 4 members (excludes halogenated alkanes) is 2. The van der Waals surface area contributed by atoms with Gasteiger partial charge in [-0.2, -0.15) is 12.8 Å². The van der Waals surface area contributed by atoms with Gasteiger partial charge >= 0.3 is 0 Å². The van der Waals surface area contributed by atoms with Crippen LogP contribution in [-0.4, -0.2) is 0 Å². The standard InChI is InChI=1S/2C4H9.14CH4.Y/c2*1-3-4-2;;;;;;;;;;;;;;;/h2*1,3-4H2,2H3;14*1H4;/q2*-1;;;;;;;;;;;;;;;. The normalized spacial score (nSPS) is 2.61. The van der Waals surface area contributed by atoms with Crippen molar-refractivity contribution in [2.24, 2.45) is 0 Å². The SMILES string of the molecule is C.C.C.C.C.C.C.C.C.C.C.C.C.C.[CH2-]CCC.[CH2-]CCC.[Y]. The molecule has 0 saturated heterocycles. The molecule has 0 nitrogen and oxygen atoms in total. The van der Waals surface area contributed by atoms with E-state index in [4.69, 9.17) is 0 Å². The van der Waals surface area contributed by atoms with Crippen molar-refractivity contribution in [2.75, 3.05) is 0 Å². The molecule has 0 fully saturated rings. The van der Waals surface area contributed by atoms with E-state index >= 15 is 0 Å². The molecule has 0 spiro atoms. The first-order chi connectivity index (χ1) is 3.83. The third-order valence-corrected chi connectivity index (χ3v) is 0.707. The van der Waals surface area contributed by atoms with E-state index in [-0.39, 0.29) is 137 Å². The molecule has 0 bridgehead atoms. The van der Waals surface area contributed by atoms with Crippen molar-refractivity contribution in [2.45, 2.75) is 144 Å². The largest absolute Gasteiger partial charge is 0.343 e. The Kier molecular flexibility index (Phi) is 4800. The fourth-order valence-corrected chi connectivity index (χ4v) is 0. The summed E-state index contributed by atoms with van der Waals surface area (Å²) in [7, 11) is 0. The maximum absolute atomic E-state index is 3.60. The first-order valence-electron chi connectivity index (χ1n) is 3.41. The van der Waals surface area contributed by atoms with Crippen LogP contribution in [-0.2, 0) is 32.7 Å². The summed E-state index contributed by atoms with van der Waals surface area (Å²) in [6, 6.07) is 0. The average molecular weight is 428 g/mol. The predicted molar refractivity (Wildman–Crippen MR) is 135 cm³/mol. The molecule has 0 aromatic rings. The topological polar surface area (TPSA) is 0 Å². The molecule has 1 heteroatoms. The van der Waals surface area contributed by atoms with Gasteiger partial charge in [0.1, 0.15) is 0 Å². The van der Waals surface area contributed by atoms with E-state index in [0.717, 1.165) is 12.8 Å². The van der Waals surface area contributed by atoms with Crippen LogP contribution in [0, 0.1) is 13.8 Å². The summed E-state index contributed by atoms with van der Waals surface area (Å²) < 4.78 is 0. The van der Waals surface area contributed by atoms with Gasteiger partial charge in [0.25, 0.3) is 0 Å². The molecular formula is C22H74Y-2. The zero-order valence-corrected chi connectivity index (χ0v) is 9.66. The second-order valence-corrected chi connectivity index (χ2v) is 1.71. The minimum atomic E-state index is 0. The van der Waals surface area contributed by atoms with Crippen molar-refractivity contribution in [3.05, 3.63) is 13.8 Å². The molecular weight excluding hydrogens is 353 g/mol. The molecule has 0 aromatic carbocycles. The van der Waals surface area contributed by atoms with Crippen LogP contribution < -0.4 is 0 Å². The van der Waals surface area contributed by atoms with Crippen LogP contribution in [0.2, 0.25) is 0 Å². The quantitative estimate of drug-likeness (QED) is 0.384. The van der Waals surface area contributed by atoms with E-state index in [1.54, 1.807) is 0 Å². The third kappa shape index (κ3) is 1070. The van der Waals surface area contributed by atoms with Gasteiger partial charge in [0, 0.05) is 32.7 Å². The first kappa shape index (κ1) is 255. The van der Waals surface area contributed by atoms with Crippen molar-refractivity contribution in [3.63, 3.8) is 0 Å². The summed E-state index contributed by atoms with van der Waals surface area (Å²) in [5.41, 5.74) is 0. The number of rotatable bonds is 2. The molecule has 0 unspecified atom stereocenters. The van der Waals surface area contributed by atoms with E-state index in [9.17, 15) is 0 Å². The van der Waals surface area contributed by atoms with Gasteiger partial charge in [0.2, 0.25) is 0 Å². The third-order valence-electron chi connectivity index (χ3n) is 0.707. The van der Waals surface area contributed by atoms with Crippen molar-refractivity contribution in [3.8, 4) is 0 Å². The first-order valence-corrected chi connectivity index (χ1v) is 3.41. The van der Waals surface area contributed by atoms with Crippen LogP contribution in [0.15, 0.2) is 0 Å². The van der Waals surface area contributed by atoms with Gasteiger partial charge in [0.15, 0.2) is 0 Å². The smallest absolute Gasteiger partial charge is 0 e. The minimum Gasteiger partial charge on any atom is -0.343 e. The Hall–Kier alpha value is 1.10. The minimum absolute atomic E-state index is 0. The predicted octanol–water partition coefficient (Wildman–Crippen LogP) is 12.1. The van der Waals surface area contributed by atoms with Gasteiger partial charge in [0.05, 0.1) is 0 Å². The van der Waals surface area contributed by atoms with Crippen molar-refractivity contribution >= 4 is 0 Å². The van der Waals surface area contributed by atoms with Gasteiger partial charge in [-0.25, -0.2) is 0 Å². The maximum Gasteiger partial charge on any atom is 0 e. The summed E-state index contributed by atoms with van der Waals surface area (Å²) in [4.78, 5) is 0. The fraction of sp³-hybridized carbons (Fsp3) is 0.909.